The van der Waals surface area contributed by atoms with Crippen LogP contribution in [0, 0.1) is 0 Å². The fourth-order valence-electron chi connectivity index (χ4n) is 1.87. The van der Waals surface area contributed by atoms with E-state index in [1.165, 1.54) is 19.2 Å². The summed E-state index contributed by atoms with van der Waals surface area (Å²) in [4.78, 5) is 23.2. The van der Waals surface area contributed by atoms with Crippen LogP contribution in [0.15, 0.2) is 30.5 Å². The van der Waals surface area contributed by atoms with Crippen molar-refractivity contribution < 1.29 is 19.4 Å². The van der Waals surface area contributed by atoms with Crippen molar-refractivity contribution in [3.63, 3.8) is 0 Å². The summed E-state index contributed by atoms with van der Waals surface area (Å²) in [6, 6.07) is 6.02. The summed E-state index contributed by atoms with van der Waals surface area (Å²) in [5.74, 6) is -1.39. The number of methoxy groups -OCH3 is 1. The number of aromatic nitrogens is 1. The number of halogens is 1. The highest BCUT2D eigenvalue weighted by Gasteiger charge is 2.17. The second-order valence-electron chi connectivity index (χ2n) is 4.30. The Kier molecular flexibility index (Phi) is 4.18. The minimum Gasteiger partial charge on any atom is -0.496 e. The van der Waals surface area contributed by atoms with E-state index in [2.05, 4.69) is 5.32 Å². The van der Waals surface area contributed by atoms with Crippen LogP contribution in [-0.4, -0.2) is 28.7 Å². The van der Waals surface area contributed by atoms with Crippen LogP contribution in [-0.2, 0) is 7.05 Å². The molecule has 0 atom stereocenters. The van der Waals surface area contributed by atoms with Gasteiger partial charge < -0.3 is 19.7 Å². The van der Waals surface area contributed by atoms with Gasteiger partial charge in [-0.3, -0.25) is 4.79 Å². The number of benzene rings is 1. The van der Waals surface area contributed by atoms with Crippen molar-refractivity contribution in [1.29, 1.82) is 0 Å². The van der Waals surface area contributed by atoms with Crippen LogP contribution < -0.4 is 10.1 Å². The summed E-state index contributed by atoms with van der Waals surface area (Å²) in [6.07, 6.45) is 1.74. The van der Waals surface area contributed by atoms with Gasteiger partial charge in [0.1, 0.15) is 17.0 Å². The molecule has 0 aliphatic rings. The van der Waals surface area contributed by atoms with Gasteiger partial charge >= 0.3 is 5.97 Å². The molecular formula is C14H13ClN2O4. The fourth-order valence-corrected chi connectivity index (χ4v) is 2.08. The maximum atomic E-state index is 12.1. The Morgan fingerprint density at radius 2 is 2.10 bits per heavy atom. The summed E-state index contributed by atoms with van der Waals surface area (Å²) in [5, 5.41) is 11.8. The monoisotopic (exact) mass is 308 g/mol. The van der Waals surface area contributed by atoms with E-state index in [4.69, 9.17) is 21.4 Å². The molecule has 1 aromatic heterocycles. The molecule has 2 aromatic rings. The SMILES string of the molecule is COc1cc(NC(=O)c2cccn2C)c(Cl)cc1C(=O)O. The van der Waals surface area contributed by atoms with Crippen molar-refractivity contribution in [2.45, 2.75) is 0 Å². The second kappa shape index (κ2) is 5.88. The Bertz CT molecular complexity index is 709. The lowest BCUT2D eigenvalue weighted by molar-refractivity contribution is 0.0693. The molecule has 7 heteroatoms. The van der Waals surface area contributed by atoms with Crippen LogP contribution in [0.2, 0.25) is 5.02 Å². The smallest absolute Gasteiger partial charge is 0.339 e. The summed E-state index contributed by atoms with van der Waals surface area (Å²) in [5.41, 5.74) is 0.663. The van der Waals surface area contributed by atoms with Gasteiger partial charge in [-0.1, -0.05) is 11.6 Å². The minimum absolute atomic E-state index is 0.0700. The molecule has 0 spiro atoms. The van der Waals surface area contributed by atoms with E-state index in [-0.39, 0.29) is 27.9 Å². The number of hydrogen-bond donors (Lipinski definition) is 2. The third-order valence-corrected chi connectivity index (χ3v) is 3.26. The molecule has 1 heterocycles. The lowest BCUT2D eigenvalue weighted by atomic mass is 10.1. The molecule has 0 radical (unpaired) electrons. The van der Waals surface area contributed by atoms with E-state index >= 15 is 0 Å². The molecule has 0 saturated heterocycles. The quantitative estimate of drug-likeness (QED) is 0.910. The Balaban J connectivity index is 2.35. The van der Waals surface area contributed by atoms with Crippen molar-refractivity contribution in [3.8, 4) is 5.75 Å². The zero-order valence-electron chi connectivity index (χ0n) is 11.4. The first kappa shape index (κ1) is 14.9. The van der Waals surface area contributed by atoms with Crippen molar-refractivity contribution in [2.24, 2.45) is 7.05 Å². The summed E-state index contributed by atoms with van der Waals surface area (Å²) < 4.78 is 6.66. The number of carbonyl (C=O) groups is 2. The van der Waals surface area contributed by atoms with Gasteiger partial charge in [0.15, 0.2) is 0 Å². The fraction of sp³-hybridized carbons (Fsp3) is 0.143. The number of amides is 1. The van der Waals surface area contributed by atoms with Crippen molar-refractivity contribution in [1.82, 2.24) is 4.57 Å². The predicted molar refractivity (Wildman–Crippen MR) is 78.3 cm³/mol. The topological polar surface area (TPSA) is 80.6 Å². The predicted octanol–water partition coefficient (Wildman–Crippen LogP) is 2.64. The minimum atomic E-state index is -1.16. The zero-order valence-corrected chi connectivity index (χ0v) is 12.1. The first-order valence-corrected chi connectivity index (χ1v) is 6.35. The van der Waals surface area contributed by atoms with E-state index in [0.717, 1.165) is 0 Å². The molecule has 2 N–H and O–H groups in total. The second-order valence-corrected chi connectivity index (χ2v) is 4.70. The number of carboxylic acid groups (broad SMARTS) is 1. The van der Waals surface area contributed by atoms with Crippen LogP contribution in [0.4, 0.5) is 5.69 Å². The van der Waals surface area contributed by atoms with Crippen molar-refractivity contribution in [2.75, 3.05) is 12.4 Å². The van der Waals surface area contributed by atoms with Crippen molar-refractivity contribution >= 4 is 29.2 Å². The lowest BCUT2D eigenvalue weighted by Gasteiger charge is -2.12. The molecule has 0 aliphatic carbocycles. The number of nitrogens with zero attached hydrogens (tertiary/aromatic N) is 1. The number of carboxylic acids is 1. The third kappa shape index (κ3) is 3.00. The maximum absolute atomic E-state index is 12.1. The Morgan fingerprint density at radius 3 is 2.62 bits per heavy atom. The van der Waals surface area contributed by atoms with Crippen molar-refractivity contribution in [3.05, 3.63) is 46.7 Å². The third-order valence-electron chi connectivity index (χ3n) is 2.94. The van der Waals surface area contributed by atoms with Gasteiger partial charge in [-0.2, -0.15) is 0 Å². The van der Waals surface area contributed by atoms with Gasteiger partial charge in [0.25, 0.3) is 5.91 Å². The number of nitrogens with one attached hydrogen (secondary N) is 1. The van der Waals surface area contributed by atoms with Gasteiger partial charge in [-0.15, -0.1) is 0 Å². The van der Waals surface area contributed by atoms with Crippen LogP contribution in [0.25, 0.3) is 0 Å². The average Bonchev–Trinajstić information content (AvgIpc) is 2.86. The number of ether oxygens (including phenoxy) is 1. The van der Waals surface area contributed by atoms with Crippen LogP contribution in [0.5, 0.6) is 5.75 Å². The molecule has 1 aromatic carbocycles. The van der Waals surface area contributed by atoms with Gasteiger partial charge in [0.2, 0.25) is 0 Å². The van der Waals surface area contributed by atoms with E-state index in [0.29, 0.717) is 5.69 Å². The Hall–Kier alpha value is -2.47. The molecule has 110 valence electrons. The zero-order chi connectivity index (χ0) is 15.6. The molecule has 0 saturated carbocycles. The normalized spacial score (nSPS) is 10.2. The molecule has 0 fully saturated rings. The van der Waals surface area contributed by atoms with Gasteiger partial charge in [0.05, 0.1) is 17.8 Å². The van der Waals surface area contributed by atoms with Crippen LogP contribution >= 0.6 is 11.6 Å². The maximum Gasteiger partial charge on any atom is 0.339 e. The van der Waals surface area contributed by atoms with E-state index < -0.39 is 5.97 Å². The highest BCUT2D eigenvalue weighted by molar-refractivity contribution is 6.34. The van der Waals surface area contributed by atoms with E-state index in [9.17, 15) is 9.59 Å². The number of aryl methyl sites for hydroxylation is 1. The molecule has 21 heavy (non-hydrogen) atoms. The number of hydrogen-bond acceptors (Lipinski definition) is 3. The lowest BCUT2D eigenvalue weighted by Crippen LogP contribution is -2.16. The van der Waals surface area contributed by atoms with Gasteiger partial charge in [-0.25, -0.2) is 4.79 Å². The Labute approximate surface area is 125 Å². The standard InChI is InChI=1S/C14H13ClN2O4/c1-17-5-3-4-11(17)13(18)16-10-7-12(21-2)8(14(19)20)6-9(10)15/h3-7H,1-2H3,(H,16,18)(H,19,20). The van der Waals surface area contributed by atoms with Gasteiger partial charge in [0, 0.05) is 19.3 Å². The molecule has 0 bridgehead atoms. The first-order chi connectivity index (χ1) is 9.93. The van der Waals surface area contributed by atoms with Crippen LogP contribution in [0.1, 0.15) is 20.8 Å². The number of rotatable bonds is 4. The molecule has 2 rings (SSSR count). The summed E-state index contributed by atoms with van der Waals surface area (Å²) in [7, 11) is 3.09. The largest absolute Gasteiger partial charge is 0.496 e. The molecule has 1 amide bonds. The van der Waals surface area contributed by atoms with E-state index in [1.807, 2.05) is 0 Å². The highest BCUT2D eigenvalue weighted by atomic mass is 35.5. The highest BCUT2D eigenvalue weighted by Crippen LogP contribution is 2.31. The van der Waals surface area contributed by atoms with E-state index in [1.54, 1.807) is 29.9 Å². The average molecular weight is 309 g/mol. The molecule has 0 aliphatic heterocycles. The Morgan fingerprint density at radius 1 is 1.38 bits per heavy atom. The van der Waals surface area contributed by atoms with Gasteiger partial charge in [-0.05, 0) is 18.2 Å². The number of anilines is 1. The molecule has 6 nitrogen and oxygen atoms in total. The van der Waals surface area contributed by atoms with Crippen LogP contribution in [0.3, 0.4) is 0 Å². The molecule has 0 unspecified atom stereocenters. The summed E-state index contributed by atoms with van der Waals surface area (Å²) in [6.45, 7) is 0. The number of carbonyl (C=O) groups excluding carboxylic acids is 1. The number of aromatic carboxylic acids is 1. The first-order valence-electron chi connectivity index (χ1n) is 5.97. The molecular weight excluding hydrogens is 296 g/mol. The summed E-state index contributed by atoms with van der Waals surface area (Å²) >= 11 is 6.01.